The second kappa shape index (κ2) is 5.95. The summed E-state index contributed by atoms with van der Waals surface area (Å²) in [7, 11) is 0. The minimum absolute atomic E-state index is 0.163. The highest BCUT2D eigenvalue weighted by atomic mass is 32.1. The summed E-state index contributed by atoms with van der Waals surface area (Å²) in [4.78, 5) is 33.5. The van der Waals surface area contributed by atoms with E-state index in [4.69, 9.17) is 16.6 Å². The van der Waals surface area contributed by atoms with Crippen LogP contribution >= 0.6 is 12.2 Å². The van der Waals surface area contributed by atoms with E-state index in [0.717, 1.165) is 10.8 Å². The first-order valence-electron chi connectivity index (χ1n) is 7.43. The van der Waals surface area contributed by atoms with Gasteiger partial charge in [0.2, 0.25) is 5.43 Å². The molecular formula is C18H11N3O3S. The van der Waals surface area contributed by atoms with Gasteiger partial charge in [0.25, 0.3) is 5.56 Å². The van der Waals surface area contributed by atoms with Crippen molar-refractivity contribution in [2.24, 2.45) is 4.99 Å². The van der Waals surface area contributed by atoms with Gasteiger partial charge < -0.3 is 9.40 Å². The Kier molecular flexibility index (Phi) is 3.62. The molecule has 0 amide bonds. The highest BCUT2D eigenvalue weighted by Crippen LogP contribution is 2.22. The maximum atomic E-state index is 12.8. The molecule has 0 saturated carbocycles. The Hall–Kier alpha value is -3.32. The summed E-state index contributed by atoms with van der Waals surface area (Å²) in [6.07, 6.45) is 2.71. The van der Waals surface area contributed by atoms with Crippen LogP contribution in [0.25, 0.3) is 21.7 Å². The number of H-pyrrole nitrogens is 2. The predicted molar refractivity (Wildman–Crippen MR) is 99.5 cm³/mol. The van der Waals surface area contributed by atoms with Crippen LogP contribution in [-0.2, 0) is 0 Å². The van der Waals surface area contributed by atoms with Crippen molar-refractivity contribution in [3.05, 3.63) is 79.6 Å². The van der Waals surface area contributed by atoms with E-state index in [-0.39, 0.29) is 27.1 Å². The molecule has 0 aliphatic carbocycles. The number of nitrogens with zero attached hydrogens (tertiary/aromatic N) is 1. The second-order valence-electron chi connectivity index (χ2n) is 5.41. The monoisotopic (exact) mass is 349 g/mol. The smallest absolute Gasteiger partial charge is 0.253 e. The minimum Gasteiger partial charge on any atom is -0.463 e. The van der Waals surface area contributed by atoms with Gasteiger partial charge in [0, 0.05) is 12.3 Å². The van der Waals surface area contributed by atoms with Crippen LogP contribution in [0.5, 0.6) is 0 Å². The van der Waals surface area contributed by atoms with Crippen LogP contribution in [0.2, 0.25) is 0 Å². The number of nitrogens with one attached hydrogen (secondary N) is 2. The van der Waals surface area contributed by atoms with Crippen LogP contribution in [-0.4, -0.2) is 16.2 Å². The van der Waals surface area contributed by atoms with E-state index in [2.05, 4.69) is 15.0 Å². The van der Waals surface area contributed by atoms with Crippen molar-refractivity contribution in [1.82, 2.24) is 9.97 Å². The van der Waals surface area contributed by atoms with Crippen LogP contribution < -0.4 is 11.0 Å². The van der Waals surface area contributed by atoms with E-state index in [1.807, 2.05) is 30.3 Å². The lowest BCUT2D eigenvalue weighted by Gasteiger charge is -2.03. The first-order valence-corrected chi connectivity index (χ1v) is 7.83. The quantitative estimate of drug-likeness (QED) is 0.329. The van der Waals surface area contributed by atoms with Crippen LogP contribution in [0.3, 0.4) is 0 Å². The molecule has 2 heterocycles. The van der Waals surface area contributed by atoms with Crippen LogP contribution in [0.1, 0.15) is 5.56 Å². The molecule has 122 valence electrons. The summed E-state index contributed by atoms with van der Waals surface area (Å²) < 4.78 is 5.74. The fraction of sp³-hybridized carbons (Fsp3) is 0. The first kappa shape index (κ1) is 15.2. The lowest BCUT2D eigenvalue weighted by atomic mass is 10.0. The van der Waals surface area contributed by atoms with Gasteiger partial charge in [-0.15, -0.1) is 0 Å². The molecule has 4 aromatic rings. The molecule has 0 fully saturated rings. The highest BCUT2D eigenvalue weighted by molar-refractivity contribution is 7.71. The standard InChI is InChI=1S/C18H11N3O3S/c22-15-7-14(20-18(25)21-15)19-8-11-9-24-13-6-5-10-3-1-2-4-12(10)16(13)17(11)23/h1-9H,(H2,20,21,22,25)/b19-8+. The third-order valence-corrected chi connectivity index (χ3v) is 3.99. The summed E-state index contributed by atoms with van der Waals surface area (Å²) in [5, 5.41) is 2.27. The fourth-order valence-electron chi connectivity index (χ4n) is 2.66. The van der Waals surface area contributed by atoms with Gasteiger partial charge >= 0.3 is 0 Å². The van der Waals surface area contributed by atoms with Crippen molar-refractivity contribution >= 4 is 46.0 Å². The Labute approximate surface area is 145 Å². The van der Waals surface area contributed by atoms with Gasteiger partial charge in [0.1, 0.15) is 17.7 Å². The summed E-state index contributed by atoms with van der Waals surface area (Å²) in [5.41, 5.74) is 0.234. The molecule has 0 unspecified atom stereocenters. The lowest BCUT2D eigenvalue weighted by molar-refractivity contribution is 0.602. The van der Waals surface area contributed by atoms with Crippen molar-refractivity contribution in [3.8, 4) is 0 Å². The second-order valence-corrected chi connectivity index (χ2v) is 5.82. The minimum atomic E-state index is -0.368. The maximum Gasteiger partial charge on any atom is 0.253 e. The normalized spacial score (nSPS) is 11.5. The average Bonchev–Trinajstić information content (AvgIpc) is 2.60. The van der Waals surface area contributed by atoms with E-state index in [1.165, 1.54) is 18.5 Å². The molecule has 0 saturated heterocycles. The van der Waals surface area contributed by atoms with Gasteiger partial charge in [0.05, 0.1) is 10.9 Å². The van der Waals surface area contributed by atoms with E-state index in [0.29, 0.717) is 11.0 Å². The third kappa shape index (κ3) is 2.81. The largest absolute Gasteiger partial charge is 0.463 e. The molecule has 2 aromatic carbocycles. The van der Waals surface area contributed by atoms with Crippen molar-refractivity contribution in [3.63, 3.8) is 0 Å². The molecule has 0 aliphatic rings. The van der Waals surface area contributed by atoms with Gasteiger partial charge in [0.15, 0.2) is 4.77 Å². The average molecular weight is 349 g/mol. The molecule has 6 nitrogen and oxygen atoms in total. The molecule has 7 heteroatoms. The van der Waals surface area contributed by atoms with Crippen molar-refractivity contribution in [2.75, 3.05) is 0 Å². The van der Waals surface area contributed by atoms with Crippen LogP contribution in [0.4, 0.5) is 5.82 Å². The fourth-order valence-corrected chi connectivity index (χ4v) is 2.87. The molecule has 0 spiro atoms. The number of aromatic nitrogens is 2. The Bertz CT molecular complexity index is 1290. The SMILES string of the molecule is O=c1cc(/N=C/c2coc3ccc4ccccc4c3c2=O)[nH]c(=S)[nH]1. The Morgan fingerprint density at radius 1 is 1.08 bits per heavy atom. The van der Waals surface area contributed by atoms with E-state index in [1.54, 1.807) is 6.07 Å². The molecule has 0 atom stereocenters. The van der Waals surface area contributed by atoms with E-state index in [9.17, 15) is 9.59 Å². The maximum absolute atomic E-state index is 12.8. The topological polar surface area (TPSA) is 91.2 Å². The molecule has 4 rings (SSSR count). The summed E-state index contributed by atoms with van der Waals surface area (Å²) in [5.74, 6) is 0.256. The van der Waals surface area contributed by atoms with Gasteiger partial charge in [-0.1, -0.05) is 30.3 Å². The van der Waals surface area contributed by atoms with Gasteiger partial charge in [-0.2, -0.15) is 0 Å². The van der Waals surface area contributed by atoms with Crippen molar-refractivity contribution in [2.45, 2.75) is 0 Å². The van der Waals surface area contributed by atoms with Crippen molar-refractivity contribution < 1.29 is 4.42 Å². The number of benzene rings is 2. The van der Waals surface area contributed by atoms with Crippen molar-refractivity contribution in [1.29, 1.82) is 0 Å². The number of aromatic amines is 2. The molecule has 2 N–H and O–H groups in total. The lowest BCUT2D eigenvalue weighted by Crippen LogP contribution is -2.09. The zero-order valence-electron chi connectivity index (χ0n) is 12.8. The number of aliphatic imine (C=N–C) groups is 1. The summed E-state index contributed by atoms with van der Waals surface area (Å²) in [6.45, 7) is 0. The van der Waals surface area contributed by atoms with Crippen LogP contribution in [0.15, 0.2) is 67.7 Å². The molecule has 2 aromatic heterocycles. The highest BCUT2D eigenvalue weighted by Gasteiger charge is 2.09. The Morgan fingerprint density at radius 2 is 1.92 bits per heavy atom. The van der Waals surface area contributed by atoms with E-state index >= 15 is 0 Å². The molecular weight excluding hydrogens is 338 g/mol. The predicted octanol–water partition coefficient (Wildman–Crippen LogP) is 3.44. The van der Waals surface area contributed by atoms with Crippen LogP contribution in [0, 0.1) is 4.77 Å². The molecule has 25 heavy (non-hydrogen) atoms. The Balaban J connectivity index is 1.91. The molecule has 0 bridgehead atoms. The number of fused-ring (bicyclic) bond motifs is 3. The number of hydrogen-bond donors (Lipinski definition) is 2. The molecule has 0 radical (unpaired) electrons. The van der Waals surface area contributed by atoms with E-state index < -0.39 is 0 Å². The Morgan fingerprint density at radius 3 is 2.76 bits per heavy atom. The third-order valence-electron chi connectivity index (χ3n) is 3.78. The zero-order valence-corrected chi connectivity index (χ0v) is 13.6. The number of rotatable bonds is 2. The first-order chi connectivity index (χ1) is 12.1. The summed E-state index contributed by atoms with van der Waals surface area (Å²) >= 11 is 4.89. The number of hydrogen-bond acceptors (Lipinski definition) is 5. The van der Waals surface area contributed by atoms with Gasteiger partial charge in [-0.25, -0.2) is 4.99 Å². The summed E-state index contributed by atoms with van der Waals surface area (Å²) in [6, 6.07) is 12.5. The van der Waals surface area contributed by atoms with Gasteiger partial charge in [-0.3, -0.25) is 14.6 Å². The zero-order chi connectivity index (χ0) is 17.4. The van der Waals surface area contributed by atoms with Gasteiger partial charge in [-0.05, 0) is 29.1 Å². The molecule has 0 aliphatic heterocycles.